The predicted molar refractivity (Wildman–Crippen MR) is 179 cm³/mol. The van der Waals surface area contributed by atoms with E-state index in [2.05, 4.69) is 18.0 Å². The maximum atomic E-state index is 15.6. The van der Waals surface area contributed by atoms with Gasteiger partial charge in [0.05, 0.1) is 43.8 Å². The van der Waals surface area contributed by atoms with E-state index in [1.807, 2.05) is 32.6 Å². The number of carbonyl (C=O) groups is 1. The van der Waals surface area contributed by atoms with Gasteiger partial charge in [-0.15, -0.1) is 0 Å². The molecule has 3 aromatic rings. The van der Waals surface area contributed by atoms with Gasteiger partial charge >= 0.3 is 0 Å². The number of nitrogens with two attached hydrogens (primary N) is 1. The van der Waals surface area contributed by atoms with Crippen LogP contribution in [0.25, 0.3) is 28.0 Å². The topological polar surface area (TPSA) is 120 Å². The van der Waals surface area contributed by atoms with Crippen LogP contribution in [0.15, 0.2) is 41.4 Å². The number of nitriles is 1. The van der Waals surface area contributed by atoms with Gasteiger partial charge in [-0.25, -0.2) is 13.8 Å². The molecule has 1 aromatic carbocycles. The summed E-state index contributed by atoms with van der Waals surface area (Å²) in [5.41, 5.74) is 4.86. The third-order valence-electron chi connectivity index (χ3n) is 8.34. The van der Waals surface area contributed by atoms with Gasteiger partial charge in [0, 0.05) is 31.1 Å². The highest BCUT2D eigenvalue weighted by Gasteiger charge is 2.34. The second-order valence-electron chi connectivity index (χ2n) is 11.5. The Bertz CT molecular complexity index is 1950. The summed E-state index contributed by atoms with van der Waals surface area (Å²) >= 11 is 19.2. The number of anilines is 2. The summed E-state index contributed by atoms with van der Waals surface area (Å²) in [6.45, 7) is 12.0. The number of dihydropyridines is 1. The van der Waals surface area contributed by atoms with Gasteiger partial charge in [0.1, 0.15) is 23.0 Å². The van der Waals surface area contributed by atoms with Crippen molar-refractivity contribution in [1.82, 2.24) is 19.8 Å². The number of amides is 1. The fourth-order valence-corrected chi connectivity index (χ4v) is 6.77. The number of halogens is 5. The van der Waals surface area contributed by atoms with Crippen LogP contribution < -0.4 is 21.5 Å². The molecule has 5 rings (SSSR count). The Kier molecular flexibility index (Phi) is 9.10. The largest absolute Gasteiger partial charge is 0.394 e. The number of rotatable bonds is 5. The van der Waals surface area contributed by atoms with Crippen LogP contribution in [0.1, 0.15) is 33.3 Å². The van der Waals surface area contributed by atoms with Crippen molar-refractivity contribution in [3.63, 3.8) is 0 Å². The molecule has 1 amide bonds. The molecule has 46 heavy (non-hydrogen) atoms. The summed E-state index contributed by atoms with van der Waals surface area (Å²) in [5, 5.41) is 12.8. The molecule has 2 atom stereocenters. The highest BCUT2D eigenvalue weighted by atomic mass is 35.5. The molecule has 4 heterocycles. The van der Waals surface area contributed by atoms with E-state index in [-0.39, 0.29) is 64.6 Å². The first kappa shape index (κ1) is 33.3. The van der Waals surface area contributed by atoms with Crippen LogP contribution in [-0.2, 0) is 4.79 Å². The average Bonchev–Trinajstić information content (AvgIpc) is 3.02. The number of aromatic nitrogens is 2. The van der Waals surface area contributed by atoms with Gasteiger partial charge in [0.25, 0.3) is 5.56 Å². The summed E-state index contributed by atoms with van der Waals surface area (Å²) in [6, 6.07) is 2.88. The monoisotopic (exact) mass is 687 g/mol. The number of benzene rings is 1. The van der Waals surface area contributed by atoms with Crippen molar-refractivity contribution in [2.24, 2.45) is 5.92 Å². The molecule has 240 valence electrons. The first-order valence-electron chi connectivity index (χ1n) is 14.4. The van der Waals surface area contributed by atoms with Crippen molar-refractivity contribution in [2.45, 2.75) is 39.8 Å². The highest BCUT2D eigenvalue weighted by Crippen LogP contribution is 2.44. The molecule has 0 aliphatic carbocycles. The van der Waals surface area contributed by atoms with Crippen LogP contribution in [0.5, 0.6) is 0 Å². The molecular weight excluding hydrogens is 659 g/mol. The van der Waals surface area contributed by atoms with Crippen LogP contribution in [0.4, 0.5) is 20.2 Å². The molecule has 0 radical (unpaired) electrons. The van der Waals surface area contributed by atoms with Crippen LogP contribution in [0, 0.1) is 28.9 Å². The van der Waals surface area contributed by atoms with Gasteiger partial charge in [0.15, 0.2) is 11.6 Å². The number of allylic oxidation sites excluding steroid dienone is 2. The van der Waals surface area contributed by atoms with Crippen LogP contribution in [0.3, 0.4) is 0 Å². The molecule has 1 unspecified atom stereocenters. The number of fused-ring (bicyclic) bond motifs is 1. The lowest BCUT2D eigenvalue weighted by molar-refractivity contribution is -0.128. The van der Waals surface area contributed by atoms with Crippen LogP contribution in [-0.4, -0.2) is 52.1 Å². The molecule has 0 saturated carbocycles. The molecule has 9 nitrogen and oxygen atoms in total. The molecule has 1 saturated heterocycles. The normalized spacial score (nSPS) is 18.3. The van der Waals surface area contributed by atoms with Gasteiger partial charge in [-0.05, 0) is 49.8 Å². The fourth-order valence-electron chi connectivity index (χ4n) is 6.07. The van der Waals surface area contributed by atoms with E-state index in [0.29, 0.717) is 17.6 Å². The lowest BCUT2D eigenvalue weighted by Gasteiger charge is -2.41. The number of hydrogen-bond acceptors (Lipinski definition) is 7. The summed E-state index contributed by atoms with van der Waals surface area (Å²) < 4.78 is 31.5. The third-order valence-corrected chi connectivity index (χ3v) is 9.46. The Labute approximate surface area is 279 Å². The van der Waals surface area contributed by atoms with E-state index in [4.69, 9.17) is 45.5 Å². The maximum Gasteiger partial charge on any atom is 0.276 e. The minimum Gasteiger partial charge on any atom is -0.394 e. The van der Waals surface area contributed by atoms with E-state index in [9.17, 15) is 19.2 Å². The lowest BCUT2D eigenvalue weighted by atomic mass is 9.94. The molecule has 2 aliphatic heterocycles. The smallest absolute Gasteiger partial charge is 0.276 e. The number of nitrogens with zero attached hydrogens (tertiary/aromatic N) is 5. The number of nitrogen functional groups attached to an aromatic ring is 1. The minimum absolute atomic E-state index is 0.0206. The molecule has 0 spiro atoms. The second-order valence-corrected chi connectivity index (χ2v) is 12.7. The molecule has 0 bridgehead atoms. The summed E-state index contributed by atoms with van der Waals surface area (Å²) in [7, 11) is 0. The van der Waals surface area contributed by atoms with Gasteiger partial charge in [-0.2, -0.15) is 5.26 Å². The Morgan fingerprint density at radius 1 is 1.24 bits per heavy atom. The number of pyridine rings is 2. The number of nitrogens with one attached hydrogen (secondary N) is 1. The predicted octanol–water partition coefficient (Wildman–Crippen LogP) is 6.35. The van der Waals surface area contributed by atoms with E-state index in [0.717, 1.165) is 5.57 Å². The number of carbonyl (C=O) groups excluding carboxylic acids is 1. The SMILES string of the molecule is C=CC(=O)N1CCN(c2c(C#N)c(=O)n(C3=C(C)C=CNC3C(C)C)c3nc(-c4c(F)c(N)c(F)c(Cl)c4Cl)c(Cl)cc23)C[C@H]1C. The molecule has 2 aliphatic rings. The third kappa shape index (κ3) is 5.28. The molecular formula is C32H30Cl3F2N7O2. The van der Waals surface area contributed by atoms with E-state index in [1.54, 1.807) is 17.2 Å². The Balaban J connectivity index is 1.91. The summed E-state index contributed by atoms with van der Waals surface area (Å²) in [6.07, 6.45) is 4.80. The van der Waals surface area contributed by atoms with Gasteiger partial charge in [-0.3, -0.25) is 14.2 Å². The quantitative estimate of drug-likeness (QED) is 0.139. The first-order valence-corrected chi connectivity index (χ1v) is 15.5. The maximum absolute atomic E-state index is 15.6. The Hall–Kier alpha value is -4.11. The zero-order valence-corrected chi connectivity index (χ0v) is 27.7. The van der Waals surface area contributed by atoms with Gasteiger partial charge in [-0.1, -0.05) is 55.2 Å². The number of piperazine rings is 1. The van der Waals surface area contributed by atoms with Crippen molar-refractivity contribution in [1.29, 1.82) is 5.26 Å². The van der Waals surface area contributed by atoms with Crippen molar-refractivity contribution in [2.75, 3.05) is 30.3 Å². The van der Waals surface area contributed by atoms with E-state index >= 15 is 4.39 Å². The average molecular weight is 689 g/mol. The van der Waals surface area contributed by atoms with Crippen molar-refractivity contribution in [3.05, 3.63) is 79.2 Å². The molecule has 3 N–H and O–H groups in total. The standard InChI is InChI=1S/C32H30Cl3F2N7O2/c1-6-20(45)43-10-9-42(13-16(43)5)30-17-11-19(33)28(21-22(34)23(35)25(37)26(39)24(21)36)41-31(17)44(32(46)18(30)12-38)29-15(4)7-8-40-27(29)14(2)3/h6-8,11,14,16,27,40H,1,9-10,13,39H2,2-5H3/t16-,27?/m1/s1. The summed E-state index contributed by atoms with van der Waals surface area (Å²) in [4.78, 5) is 35.1. The van der Waals surface area contributed by atoms with Gasteiger partial charge < -0.3 is 20.9 Å². The zero-order valence-electron chi connectivity index (χ0n) is 25.4. The fraction of sp³-hybridized carbons (Fsp3) is 0.312. The van der Waals surface area contributed by atoms with Crippen LogP contribution in [0.2, 0.25) is 15.1 Å². The van der Waals surface area contributed by atoms with Crippen LogP contribution >= 0.6 is 34.8 Å². The van der Waals surface area contributed by atoms with E-state index < -0.39 is 38.5 Å². The molecule has 14 heteroatoms. The van der Waals surface area contributed by atoms with Crippen molar-refractivity contribution in [3.8, 4) is 17.3 Å². The zero-order chi connectivity index (χ0) is 33.8. The summed E-state index contributed by atoms with van der Waals surface area (Å²) in [5.74, 6) is -2.71. The molecule has 1 fully saturated rings. The lowest BCUT2D eigenvalue weighted by Crippen LogP contribution is -2.54. The molecule has 2 aromatic heterocycles. The van der Waals surface area contributed by atoms with E-state index in [1.165, 1.54) is 16.7 Å². The minimum atomic E-state index is -1.23. The Morgan fingerprint density at radius 2 is 1.93 bits per heavy atom. The second kappa shape index (κ2) is 12.6. The number of hydrogen-bond donors (Lipinski definition) is 2. The first-order chi connectivity index (χ1) is 21.7. The highest BCUT2D eigenvalue weighted by molar-refractivity contribution is 6.44. The Morgan fingerprint density at radius 3 is 2.54 bits per heavy atom. The van der Waals surface area contributed by atoms with Crippen molar-refractivity contribution >= 4 is 68.8 Å². The van der Waals surface area contributed by atoms with Crippen molar-refractivity contribution < 1.29 is 13.6 Å². The van der Waals surface area contributed by atoms with Gasteiger partial charge in [0.2, 0.25) is 5.91 Å².